The molecule has 0 saturated carbocycles. The number of hydrogen-bond donors (Lipinski definition) is 2. The molecule has 0 aliphatic carbocycles. The van der Waals surface area contributed by atoms with Crippen LogP contribution >= 0.6 is 0 Å². The molecule has 0 radical (unpaired) electrons. The maximum absolute atomic E-state index is 3.72. The fourth-order valence-corrected chi connectivity index (χ4v) is 4.88. The number of rotatable bonds is 4. The van der Waals surface area contributed by atoms with Crippen LogP contribution in [0.15, 0.2) is 97.1 Å². The average Bonchev–Trinajstić information content (AvgIpc) is 3.39. The topological polar surface area (TPSA) is 31.6 Å². The Kier molecular flexibility index (Phi) is 4.66. The van der Waals surface area contributed by atoms with Gasteiger partial charge in [-0.15, -0.1) is 0 Å². The highest BCUT2D eigenvalue weighted by Crippen LogP contribution is 2.37. The van der Waals surface area contributed by atoms with Crippen LogP contribution in [0.4, 0.5) is 0 Å². The molecule has 0 amide bonds. The number of fused-ring (bicyclic) bond motifs is 2. The number of aromatic amines is 2. The number of nitrogens with one attached hydrogen (secondary N) is 2. The van der Waals surface area contributed by atoms with Gasteiger partial charge in [0.15, 0.2) is 0 Å². The van der Waals surface area contributed by atoms with E-state index in [-0.39, 0.29) is 0 Å². The van der Waals surface area contributed by atoms with Crippen molar-refractivity contribution in [3.05, 3.63) is 119 Å². The maximum atomic E-state index is 3.72. The first kappa shape index (κ1) is 19.6. The Balaban J connectivity index is 1.58. The molecule has 0 unspecified atom stereocenters. The molecule has 4 aromatic carbocycles. The standard InChI is InChI=1S/C31H26N2/c1-20-11-15-22(16-12-20)30-26(24-7-3-5-9-28(24)32-30)19-27-25-8-4-6-10-29(25)33-31(27)23-17-13-21(2)14-18-23/h3-18,32-33H,19H2,1-2H3. The van der Waals surface area contributed by atoms with Gasteiger partial charge >= 0.3 is 0 Å². The summed E-state index contributed by atoms with van der Waals surface area (Å²) in [5.74, 6) is 0. The van der Waals surface area contributed by atoms with Crippen LogP contribution in [0.1, 0.15) is 22.3 Å². The zero-order chi connectivity index (χ0) is 22.4. The number of benzene rings is 4. The van der Waals surface area contributed by atoms with Gasteiger partial charge in [0.2, 0.25) is 0 Å². The molecule has 2 N–H and O–H groups in total. The molecule has 0 spiro atoms. The molecule has 2 heterocycles. The Morgan fingerprint density at radius 1 is 0.485 bits per heavy atom. The number of para-hydroxylation sites is 2. The predicted octanol–water partition coefficient (Wildman–Crippen LogP) is 8.19. The molecule has 6 rings (SSSR count). The predicted molar refractivity (Wildman–Crippen MR) is 140 cm³/mol. The molecule has 0 aliphatic heterocycles. The molecule has 33 heavy (non-hydrogen) atoms. The van der Waals surface area contributed by atoms with E-state index in [2.05, 4.69) is 121 Å². The van der Waals surface area contributed by atoms with Gasteiger partial charge in [-0.05, 0) is 48.2 Å². The zero-order valence-corrected chi connectivity index (χ0v) is 18.9. The van der Waals surface area contributed by atoms with Crippen LogP contribution in [0.2, 0.25) is 0 Å². The van der Waals surface area contributed by atoms with Crippen molar-refractivity contribution in [3.63, 3.8) is 0 Å². The van der Waals surface area contributed by atoms with E-state index >= 15 is 0 Å². The van der Waals surface area contributed by atoms with Gasteiger partial charge in [0.25, 0.3) is 0 Å². The fraction of sp³-hybridized carbons (Fsp3) is 0.0968. The minimum Gasteiger partial charge on any atom is -0.354 e. The van der Waals surface area contributed by atoms with Crippen LogP contribution in [-0.4, -0.2) is 9.97 Å². The van der Waals surface area contributed by atoms with Crippen molar-refractivity contribution in [2.45, 2.75) is 20.3 Å². The lowest BCUT2D eigenvalue weighted by molar-refractivity contribution is 1.22. The highest BCUT2D eigenvalue weighted by Gasteiger charge is 2.19. The Labute approximate surface area is 193 Å². The van der Waals surface area contributed by atoms with Crippen LogP contribution in [-0.2, 0) is 6.42 Å². The summed E-state index contributed by atoms with van der Waals surface area (Å²) in [7, 11) is 0. The largest absolute Gasteiger partial charge is 0.354 e. The summed E-state index contributed by atoms with van der Waals surface area (Å²) >= 11 is 0. The van der Waals surface area contributed by atoms with Crippen molar-refractivity contribution >= 4 is 21.8 Å². The molecule has 0 saturated heterocycles. The molecule has 0 aliphatic rings. The van der Waals surface area contributed by atoms with Gasteiger partial charge in [0.05, 0.1) is 11.4 Å². The second kappa shape index (κ2) is 7.83. The van der Waals surface area contributed by atoms with Gasteiger partial charge in [-0.1, -0.05) is 96.1 Å². The van der Waals surface area contributed by atoms with E-state index in [0.29, 0.717) is 0 Å². The quantitative estimate of drug-likeness (QED) is 0.285. The average molecular weight is 427 g/mol. The van der Waals surface area contributed by atoms with Crippen molar-refractivity contribution < 1.29 is 0 Å². The summed E-state index contributed by atoms with van der Waals surface area (Å²) in [5, 5.41) is 2.57. The molecule has 160 valence electrons. The number of H-pyrrole nitrogens is 2. The van der Waals surface area contributed by atoms with Crippen LogP contribution < -0.4 is 0 Å². The van der Waals surface area contributed by atoms with Crippen molar-refractivity contribution in [1.29, 1.82) is 0 Å². The van der Waals surface area contributed by atoms with Crippen molar-refractivity contribution in [3.8, 4) is 22.5 Å². The van der Waals surface area contributed by atoms with Crippen molar-refractivity contribution in [2.75, 3.05) is 0 Å². The van der Waals surface area contributed by atoms with Crippen molar-refractivity contribution in [1.82, 2.24) is 9.97 Å². The molecule has 2 nitrogen and oxygen atoms in total. The Hall–Kier alpha value is -4.04. The lowest BCUT2D eigenvalue weighted by Gasteiger charge is -2.09. The third-order valence-corrected chi connectivity index (χ3v) is 6.66. The minimum atomic E-state index is 0.848. The normalized spacial score (nSPS) is 11.5. The minimum absolute atomic E-state index is 0.848. The lowest BCUT2D eigenvalue weighted by atomic mass is 9.94. The van der Waals surface area contributed by atoms with Gasteiger partial charge in [-0.3, -0.25) is 0 Å². The third kappa shape index (κ3) is 3.44. The summed E-state index contributed by atoms with van der Waals surface area (Å²) in [6, 6.07) is 34.9. The fourth-order valence-electron chi connectivity index (χ4n) is 4.88. The van der Waals surface area contributed by atoms with E-state index in [0.717, 1.165) is 6.42 Å². The van der Waals surface area contributed by atoms with E-state index < -0.39 is 0 Å². The number of aromatic nitrogens is 2. The molecule has 0 bridgehead atoms. The van der Waals surface area contributed by atoms with E-state index in [1.165, 1.54) is 66.6 Å². The second-order valence-electron chi connectivity index (χ2n) is 8.96. The van der Waals surface area contributed by atoms with Gasteiger partial charge < -0.3 is 9.97 Å². The van der Waals surface area contributed by atoms with Gasteiger partial charge in [0, 0.05) is 28.2 Å². The van der Waals surface area contributed by atoms with Crippen LogP contribution in [0.25, 0.3) is 44.3 Å². The SMILES string of the molecule is Cc1ccc(-c2[nH]c3ccccc3c2Cc2c(-c3ccc(C)cc3)[nH]c3ccccc23)cc1. The van der Waals surface area contributed by atoms with E-state index in [1.54, 1.807) is 0 Å². The lowest BCUT2D eigenvalue weighted by Crippen LogP contribution is -1.93. The smallest absolute Gasteiger partial charge is 0.0500 e. The highest BCUT2D eigenvalue weighted by molar-refractivity contribution is 5.95. The van der Waals surface area contributed by atoms with Gasteiger partial charge in [0.1, 0.15) is 0 Å². The third-order valence-electron chi connectivity index (χ3n) is 6.66. The van der Waals surface area contributed by atoms with E-state index in [4.69, 9.17) is 0 Å². The number of hydrogen-bond acceptors (Lipinski definition) is 0. The van der Waals surface area contributed by atoms with E-state index in [9.17, 15) is 0 Å². The molecule has 2 heteroatoms. The van der Waals surface area contributed by atoms with Gasteiger partial charge in [-0.25, -0.2) is 0 Å². The summed E-state index contributed by atoms with van der Waals surface area (Å²) < 4.78 is 0. The summed E-state index contributed by atoms with van der Waals surface area (Å²) in [6.07, 6.45) is 0.848. The molecular weight excluding hydrogens is 400 g/mol. The molecule has 0 fully saturated rings. The summed E-state index contributed by atoms with van der Waals surface area (Å²) in [5.41, 5.74) is 12.4. The summed E-state index contributed by atoms with van der Waals surface area (Å²) in [6.45, 7) is 4.27. The Morgan fingerprint density at radius 2 is 0.879 bits per heavy atom. The van der Waals surface area contributed by atoms with Crippen LogP contribution in [0.3, 0.4) is 0 Å². The van der Waals surface area contributed by atoms with Crippen LogP contribution in [0.5, 0.6) is 0 Å². The zero-order valence-electron chi connectivity index (χ0n) is 18.9. The van der Waals surface area contributed by atoms with Crippen molar-refractivity contribution in [2.24, 2.45) is 0 Å². The first-order valence-corrected chi connectivity index (χ1v) is 11.5. The highest BCUT2D eigenvalue weighted by atomic mass is 14.7. The monoisotopic (exact) mass is 426 g/mol. The Morgan fingerprint density at radius 3 is 1.30 bits per heavy atom. The Bertz CT molecular complexity index is 1460. The van der Waals surface area contributed by atoms with Crippen LogP contribution in [0, 0.1) is 13.8 Å². The molecule has 6 aromatic rings. The first-order chi connectivity index (χ1) is 16.2. The molecular formula is C31H26N2. The molecule has 2 aromatic heterocycles. The molecule has 0 atom stereocenters. The second-order valence-corrected chi connectivity index (χ2v) is 8.96. The van der Waals surface area contributed by atoms with E-state index in [1.807, 2.05) is 0 Å². The summed E-state index contributed by atoms with van der Waals surface area (Å²) in [4.78, 5) is 7.43. The number of aryl methyl sites for hydroxylation is 2. The van der Waals surface area contributed by atoms with Gasteiger partial charge in [-0.2, -0.15) is 0 Å². The first-order valence-electron chi connectivity index (χ1n) is 11.5. The maximum Gasteiger partial charge on any atom is 0.0500 e.